The highest BCUT2D eigenvalue weighted by molar-refractivity contribution is 5.85. The Morgan fingerprint density at radius 1 is 1.07 bits per heavy atom. The maximum Gasteiger partial charge on any atom is 0.0582 e. The van der Waals surface area contributed by atoms with Crippen LogP contribution in [0.4, 0.5) is 0 Å². The van der Waals surface area contributed by atoms with E-state index in [1.165, 1.54) is 38.5 Å². The number of rotatable bonds is 9. The minimum Gasteiger partial charge on any atom is -0.395 e. The molecule has 2 nitrogen and oxygen atoms in total. The molecule has 0 aliphatic heterocycles. The molecule has 0 aliphatic carbocycles. The fourth-order valence-electron chi connectivity index (χ4n) is 1.87. The van der Waals surface area contributed by atoms with Gasteiger partial charge in [-0.05, 0) is 12.3 Å². The second-order valence-electron chi connectivity index (χ2n) is 4.33. The molecule has 0 heterocycles. The van der Waals surface area contributed by atoms with Crippen molar-refractivity contribution in [1.82, 2.24) is 0 Å². The lowest BCUT2D eigenvalue weighted by Crippen LogP contribution is -2.27. The summed E-state index contributed by atoms with van der Waals surface area (Å²) in [7, 11) is 0. The monoisotopic (exact) mass is 237 g/mol. The summed E-state index contributed by atoms with van der Waals surface area (Å²) < 4.78 is 0. The number of hydrogen-bond donors (Lipinski definition) is 2. The van der Waals surface area contributed by atoms with E-state index in [0.29, 0.717) is 0 Å². The van der Waals surface area contributed by atoms with Gasteiger partial charge in [0.2, 0.25) is 0 Å². The second kappa shape index (κ2) is 12.3. The van der Waals surface area contributed by atoms with E-state index >= 15 is 0 Å². The van der Waals surface area contributed by atoms with E-state index < -0.39 is 0 Å². The van der Waals surface area contributed by atoms with Crippen LogP contribution in [0.15, 0.2) is 0 Å². The molecule has 0 aromatic rings. The Morgan fingerprint density at radius 3 is 1.87 bits per heavy atom. The first-order valence-electron chi connectivity index (χ1n) is 6.11. The standard InChI is InChI=1S/C12H27NO.ClH/c1-3-5-7-11(8-6-4-2)9-12(13)10-14;/h11-12,14H,3-10,13H2,1-2H3;1H. The summed E-state index contributed by atoms with van der Waals surface area (Å²) in [6, 6.07) is -0.00582. The van der Waals surface area contributed by atoms with Gasteiger partial charge < -0.3 is 10.8 Å². The summed E-state index contributed by atoms with van der Waals surface area (Å²) in [5.74, 6) is 0.733. The third-order valence-electron chi connectivity index (χ3n) is 2.80. The van der Waals surface area contributed by atoms with Gasteiger partial charge in [0, 0.05) is 6.04 Å². The van der Waals surface area contributed by atoms with Gasteiger partial charge in [-0.2, -0.15) is 0 Å². The van der Waals surface area contributed by atoms with Gasteiger partial charge in [-0.1, -0.05) is 52.4 Å². The highest BCUT2D eigenvalue weighted by Crippen LogP contribution is 2.20. The van der Waals surface area contributed by atoms with E-state index in [1.54, 1.807) is 0 Å². The van der Waals surface area contributed by atoms with Crippen LogP contribution in [-0.2, 0) is 0 Å². The third-order valence-corrected chi connectivity index (χ3v) is 2.80. The summed E-state index contributed by atoms with van der Waals surface area (Å²) >= 11 is 0. The Morgan fingerprint density at radius 2 is 1.53 bits per heavy atom. The molecule has 3 N–H and O–H groups in total. The Kier molecular flexibility index (Phi) is 14.4. The summed E-state index contributed by atoms with van der Waals surface area (Å²) in [4.78, 5) is 0. The van der Waals surface area contributed by atoms with Crippen LogP contribution in [0, 0.1) is 5.92 Å². The van der Waals surface area contributed by atoms with Crippen molar-refractivity contribution in [3.8, 4) is 0 Å². The number of nitrogens with two attached hydrogens (primary N) is 1. The first-order valence-corrected chi connectivity index (χ1v) is 6.11. The Bertz CT molecular complexity index is 114. The minimum atomic E-state index is -0.00582. The van der Waals surface area contributed by atoms with Gasteiger partial charge >= 0.3 is 0 Å². The van der Waals surface area contributed by atoms with Crippen molar-refractivity contribution in [3.63, 3.8) is 0 Å². The molecule has 0 aromatic heterocycles. The highest BCUT2D eigenvalue weighted by atomic mass is 35.5. The van der Waals surface area contributed by atoms with Crippen LogP contribution in [0.2, 0.25) is 0 Å². The predicted molar refractivity (Wildman–Crippen MR) is 69.5 cm³/mol. The Hall–Kier alpha value is 0.210. The number of unbranched alkanes of at least 4 members (excludes halogenated alkanes) is 2. The molecule has 0 spiro atoms. The maximum absolute atomic E-state index is 8.91. The van der Waals surface area contributed by atoms with Crippen molar-refractivity contribution in [3.05, 3.63) is 0 Å². The molecule has 0 rings (SSSR count). The topological polar surface area (TPSA) is 46.2 Å². The van der Waals surface area contributed by atoms with E-state index in [0.717, 1.165) is 12.3 Å². The molecule has 0 amide bonds. The van der Waals surface area contributed by atoms with Crippen molar-refractivity contribution < 1.29 is 5.11 Å². The average Bonchev–Trinajstić information content (AvgIpc) is 2.21. The third kappa shape index (κ3) is 10.5. The minimum absolute atomic E-state index is 0. The zero-order valence-electron chi connectivity index (χ0n) is 10.2. The molecule has 94 valence electrons. The number of aliphatic hydroxyl groups is 1. The fraction of sp³-hybridized carbons (Fsp3) is 1.00. The van der Waals surface area contributed by atoms with Crippen molar-refractivity contribution in [2.24, 2.45) is 11.7 Å². The van der Waals surface area contributed by atoms with E-state index in [-0.39, 0.29) is 25.1 Å². The van der Waals surface area contributed by atoms with Crippen molar-refractivity contribution >= 4 is 12.4 Å². The average molecular weight is 238 g/mol. The van der Waals surface area contributed by atoms with Gasteiger partial charge in [-0.25, -0.2) is 0 Å². The number of aliphatic hydroxyl groups excluding tert-OH is 1. The van der Waals surface area contributed by atoms with Gasteiger partial charge in [-0.3, -0.25) is 0 Å². The Labute approximate surface area is 101 Å². The number of halogens is 1. The van der Waals surface area contributed by atoms with Crippen LogP contribution in [0.5, 0.6) is 0 Å². The zero-order chi connectivity index (χ0) is 10.8. The molecule has 1 unspecified atom stereocenters. The molecule has 0 aromatic carbocycles. The smallest absolute Gasteiger partial charge is 0.0582 e. The molecule has 0 bridgehead atoms. The van der Waals surface area contributed by atoms with Gasteiger partial charge in [-0.15, -0.1) is 12.4 Å². The van der Waals surface area contributed by atoms with E-state index in [9.17, 15) is 0 Å². The van der Waals surface area contributed by atoms with Gasteiger partial charge in [0.05, 0.1) is 6.61 Å². The van der Waals surface area contributed by atoms with Crippen molar-refractivity contribution in [1.29, 1.82) is 0 Å². The number of hydrogen-bond acceptors (Lipinski definition) is 2. The first kappa shape index (κ1) is 17.6. The largest absolute Gasteiger partial charge is 0.395 e. The van der Waals surface area contributed by atoms with Gasteiger partial charge in [0.25, 0.3) is 0 Å². The molecule has 1 atom stereocenters. The summed E-state index contributed by atoms with van der Waals surface area (Å²) in [5.41, 5.74) is 5.77. The van der Waals surface area contributed by atoms with Crippen LogP contribution in [0.25, 0.3) is 0 Å². The maximum atomic E-state index is 8.91. The van der Waals surface area contributed by atoms with E-state index in [4.69, 9.17) is 10.8 Å². The van der Waals surface area contributed by atoms with Crippen LogP contribution < -0.4 is 5.73 Å². The van der Waals surface area contributed by atoms with Crippen molar-refractivity contribution in [2.75, 3.05) is 6.61 Å². The summed E-state index contributed by atoms with van der Waals surface area (Å²) in [6.45, 7) is 4.58. The molecular formula is C12H28ClNO. The molecule has 15 heavy (non-hydrogen) atoms. The summed E-state index contributed by atoms with van der Waals surface area (Å²) in [6.07, 6.45) is 8.68. The van der Waals surface area contributed by atoms with Crippen molar-refractivity contribution in [2.45, 2.75) is 64.8 Å². The molecular weight excluding hydrogens is 210 g/mol. The normalized spacial score (nSPS) is 12.6. The Balaban J connectivity index is 0. The summed E-state index contributed by atoms with van der Waals surface area (Å²) in [5, 5.41) is 8.91. The van der Waals surface area contributed by atoms with E-state index in [1.807, 2.05) is 0 Å². The first-order chi connectivity index (χ1) is 6.74. The molecule has 3 heteroatoms. The lowest BCUT2D eigenvalue weighted by molar-refractivity contribution is 0.236. The molecule has 0 radical (unpaired) electrons. The van der Waals surface area contributed by atoms with E-state index in [2.05, 4.69) is 13.8 Å². The lowest BCUT2D eigenvalue weighted by atomic mass is 9.90. The van der Waals surface area contributed by atoms with Crippen LogP contribution >= 0.6 is 12.4 Å². The molecule has 0 aliphatic rings. The van der Waals surface area contributed by atoms with Crippen LogP contribution in [-0.4, -0.2) is 17.8 Å². The predicted octanol–water partition coefficient (Wildman–Crippen LogP) is 3.11. The van der Waals surface area contributed by atoms with Gasteiger partial charge in [0.1, 0.15) is 0 Å². The second-order valence-corrected chi connectivity index (χ2v) is 4.33. The van der Waals surface area contributed by atoms with Gasteiger partial charge in [0.15, 0.2) is 0 Å². The highest BCUT2D eigenvalue weighted by Gasteiger charge is 2.11. The van der Waals surface area contributed by atoms with Crippen LogP contribution in [0.1, 0.15) is 58.8 Å². The zero-order valence-corrected chi connectivity index (χ0v) is 11.1. The SMILES string of the molecule is CCCCC(CCCC)CC(N)CO.Cl. The molecule has 0 saturated carbocycles. The van der Waals surface area contributed by atoms with Crippen LogP contribution in [0.3, 0.4) is 0 Å². The molecule has 0 fully saturated rings. The fourth-order valence-corrected chi connectivity index (χ4v) is 1.87. The quantitative estimate of drug-likeness (QED) is 0.647. The lowest BCUT2D eigenvalue weighted by Gasteiger charge is -2.19. The molecule has 0 saturated heterocycles.